The molecular formula is C14H23NS. The predicted octanol–water partition coefficient (Wildman–Crippen LogP) is 4.07. The van der Waals surface area contributed by atoms with Gasteiger partial charge in [0.15, 0.2) is 0 Å². The molecule has 2 heteroatoms. The highest BCUT2D eigenvalue weighted by molar-refractivity contribution is 7.12. The molecular weight excluding hydrogens is 214 g/mol. The molecule has 1 aromatic rings. The highest BCUT2D eigenvalue weighted by atomic mass is 32.1. The Hall–Kier alpha value is -0.340. The van der Waals surface area contributed by atoms with Crippen molar-refractivity contribution in [2.45, 2.75) is 59.0 Å². The van der Waals surface area contributed by atoms with Gasteiger partial charge in [-0.1, -0.05) is 6.92 Å². The van der Waals surface area contributed by atoms with Gasteiger partial charge in [-0.15, -0.1) is 11.3 Å². The minimum absolute atomic E-state index is 0.514. The number of hydrogen-bond acceptors (Lipinski definition) is 2. The summed E-state index contributed by atoms with van der Waals surface area (Å²) in [5, 5.41) is 3.73. The molecule has 1 nitrogen and oxygen atoms in total. The third-order valence-corrected chi connectivity index (χ3v) is 5.19. The highest BCUT2D eigenvalue weighted by Gasteiger charge is 2.28. The molecule has 1 saturated carbocycles. The molecule has 1 N–H and O–H groups in total. The van der Waals surface area contributed by atoms with Crippen molar-refractivity contribution < 1.29 is 0 Å². The van der Waals surface area contributed by atoms with Crippen molar-refractivity contribution in [3.63, 3.8) is 0 Å². The molecule has 0 amide bonds. The van der Waals surface area contributed by atoms with E-state index in [1.807, 2.05) is 11.3 Å². The minimum Gasteiger partial charge on any atom is -0.307 e. The summed E-state index contributed by atoms with van der Waals surface area (Å²) in [6.07, 6.45) is 4.01. The number of thiophene rings is 1. The van der Waals surface area contributed by atoms with E-state index < -0.39 is 0 Å². The zero-order valence-electron chi connectivity index (χ0n) is 10.8. The van der Waals surface area contributed by atoms with Gasteiger partial charge in [-0.2, -0.15) is 0 Å². The van der Waals surface area contributed by atoms with Gasteiger partial charge in [-0.25, -0.2) is 0 Å². The fraction of sp³-hybridized carbons (Fsp3) is 0.714. The summed E-state index contributed by atoms with van der Waals surface area (Å²) in [5.74, 6) is 0.939. The van der Waals surface area contributed by atoms with Gasteiger partial charge in [-0.05, 0) is 57.6 Å². The van der Waals surface area contributed by atoms with Gasteiger partial charge < -0.3 is 5.32 Å². The average molecular weight is 237 g/mol. The monoisotopic (exact) mass is 237 g/mol. The maximum Gasteiger partial charge on any atom is 0.0388 e. The SMILES string of the molecule is CCc1sc(C(C)NC(C)C2CC2)cc1C. The molecule has 1 aliphatic carbocycles. The molecule has 90 valence electrons. The van der Waals surface area contributed by atoms with Gasteiger partial charge in [0.1, 0.15) is 0 Å². The molecule has 0 spiro atoms. The molecule has 16 heavy (non-hydrogen) atoms. The molecule has 0 bridgehead atoms. The maximum absolute atomic E-state index is 3.73. The van der Waals surface area contributed by atoms with E-state index in [4.69, 9.17) is 0 Å². The van der Waals surface area contributed by atoms with E-state index in [1.54, 1.807) is 4.88 Å². The van der Waals surface area contributed by atoms with E-state index in [-0.39, 0.29) is 0 Å². The molecule has 1 aliphatic rings. The van der Waals surface area contributed by atoms with Crippen LogP contribution in [0.3, 0.4) is 0 Å². The Morgan fingerprint density at radius 1 is 1.44 bits per heavy atom. The lowest BCUT2D eigenvalue weighted by molar-refractivity contribution is 0.445. The van der Waals surface area contributed by atoms with Crippen molar-refractivity contribution in [3.05, 3.63) is 21.4 Å². The summed E-state index contributed by atoms with van der Waals surface area (Å²) in [4.78, 5) is 3.05. The first-order chi connectivity index (χ1) is 7.61. The average Bonchev–Trinajstić information content (AvgIpc) is 3.02. The molecule has 0 radical (unpaired) electrons. The Balaban J connectivity index is 1.98. The molecule has 0 aromatic carbocycles. The van der Waals surface area contributed by atoms with Crippen molar-refractivity contribution in [2.24, 2.45) is 5.92 Å². The van der Waals surface area contributed by atoms with Crippen molar-refractivity contribution in [3.8, 4) is 0 Å². The van der Waals surface area contributed by atoms with Crippen LogP contribution in [-0.4, -0.2) is 6.04 Å². The van der Waals surface area contributed by atoms with Crippen LogP contribution < -0.4 is 5.32 Å². The smallest absolute Gasteiger partial charge is 0.0388 e. The Kier molecular flexibility index (Phi) is 3.70. The van der Waals surface area contributed by atoms with Crippen LogP contribution in [0.5, 0.6) is 0 Å². The first kappa shape index (κ1) is 12.1. The summed E-state index contributed by atoms with van der Waals surface area (Å²) in [5.41, 5.74) is 1.47. The van der Waals surface area contributed by atoms with Gasteiger partial charge in [-0.3, -0.25) is 0 Å². The summed E-state index contributed by atoms with van der Waals surface area (Å²) in [7, 11) is 0. The lowest BCUT2D eigenvalue weighted by Gasteiger charge is -2.18. The number of hydrogen-bond donors (Lipinski definition) is 1. The van der Waals surface area contributed by atoms with Crippen LogP contribution in [0.25, 0.3) is 0 Å². The summed E-state index contributed by atoms with van der Waals surface area (Å²) >= 11 is 1.98. The fourth-order valence-electron chi connectivity index (χ4n) is 2.32. The van der Waals surface area contributed by atoms with E-state index in [2.05, 4.69) is 39.1 Å². The second-order valence-corrected chi connectivity index (χ2v) is 6.29. The Bertz CT molecular complexity index is 352. The minimum atomic E-state index is 0.514. The molecule has 2 atom stereocenters. The van der Waals surface area contributed by atoms with Crippen LogP contribution >= 0.6 is 11.3 Å². The quantitative estimate of drug-likeness (QED) is 0.814. The number of aryl methyl sites for hydroxylation is 2. The van der Waals surface area contributed by atoms with Crippen LogP contribution in [0.1, 0.15) is 55.0 Å². The number of nitrogens with one attached hydrogen (secondary N) is 1. The van der Waals surface area contributed by atoms with Crippen LogP contribution in [0.15, 0.2) is 6.07 Å². The Morgan fingerprint density at radius 3 is 2.62 bits per heavy atom. The standard InChI is InChI=1S/C14H23NS/c1-5-13-9(2)8-14(16-13)11(4)15-10(3)12-6-7-12/h8,10-12,15H,5-7H2,1-4H3. The first-order valence-electron chi connectivity index (χ1n) is 6.47. The van der Waals surface area contributed by atoms with Gasteiger partial charge in [0, 0.05) is 21.8 Å². The van der Waals surface area contributed by atoms with Crippen LogP contribution in [0, 0.1) is 12.8 Å². The summed E-state index contributed by atoms with van der Waals surface area (Å²) in [6.45, 7) is 9.10. The topological polar surface area (TPSA) is 12.0 Å². The lowest BCUT2D eigenvalue weighted by atomic mass is 10.1. The lowest BCUT2D eigenvalue weighted by Crippen LogP contribution is -2.30. The van der Waals surface area contributed by atoms with Crippen LogP contribution in [0.2, 0.25) is 0 Å². The normalized spacial score (nSPS) is 19.8. The van der Waals surface area contributed by atoms with E-state index in [1.165, 1.54) is 29.7 Å². The van der Waals surface area contributed by atoms with E-state index in [9.17, 15) is 0 Å². The van der Waals surface area contributed by atoms with Gasteiger partial charge in [0.2, 0.25) is 0 Å². The van der Waals surface area contributed by atoms with Crippen molar-refractivity contribution >= 4 is 11.3 Å². The van der Waals surface area contributed by atoms with Gasteiger partial charge in [0.05, 0.1) is 0 Å². The van der Waals surface area contributed by atoms with E-state index >= 15 is 0 Å². The largest absolute Gasteiger partial charge is 0.307 e. The second kappa shape index (κ2) is 4.89. The third kappa shape index (κ3) is 2.67. The highest BCUT2D eigenvalue weighted by Crippen LogP contribution is 2.34. The summed E-state index contributed by atoms with van der Waals surface area (Å²) < 4.78 is 0. The zero-order chi connectivity index (χ0) is 11.7. The molecule has 2 unspecified atom stereocenters. The molecule has 0 saturated heterocycles. The Labute approximate surface area is 103 Å². The van der Waals surface area contributed by atoms with Gasteiger partial charge in [0.25, 0.3) is 0 Å². The van der Waals surface area contributed by atoms with Crippen molar-refractivity contribution in [2.75, 3.05) is 0 Å². The molecule has 1 heterocycles. The molecule has 1 aromatic heterocycles. The fourth-order valence-corrected chi connectivity index (χ4v) is 3.45. The molecule has 2 rings (SSSR count). The first-order valence-corrected chi connectivity index (χ1v) is 7.28. The zero-order valence-corrected chi connectivity index (χ0v) is 11.7. The van der Waals surface area contributed by atoms with Crippen molar-refractivity contribution in [1.29, 1.82) is 0 Å². The van der Waals surface area contributed by atoms with Crippen LogP contribution in [-0.2, 0) is 6.42 Å². The van der Waals surface area contributed by atoms with E-state index in [0.29, 0.717) is 12.1 Å². The number of rotatable bonds is 5. The van der Waals surface area contributed by atoms with E-state index in [0.717, 1.165) is 5.92 Å². The van der Waals surface area contributed by atoms with Gasteiger partial charge >= 0.3 is 0 Å². The second-order valence-electron chi connectivity index (χ2n) is 5.12. The van der Waals surface area contributed by atoms with Crippen LogP contribution in [0.4, 0.5) is 0 Å². The Morgan fingerprint density at radius 2 is 2.12 bits per heavy atom. The maximum atomic E-state index is 3.73. The molecule has 1 fully saturated rings. The molecule has 0 aliphatic heterocycles. The predicted molar refractivity (Wildman–Crippen MR) is 72.2 cm³/mol. The summed E-state index contributed by atoms with van der Waals surface area (Å²) in [6, 6.07) is 3.56. The third-order valence-electron chi connectivity index (χ3n) is 3.63. The van der Waals surface area contributed by atoms with Crippen molar-refractivity contribution in [1.82, 2.24) is 5.32 Å².